The van der Waals surface area contributed by atoms with Gasteiger partial charge >= 0.3 is 0 Å². The number of methoxy groups -OCH3 is 1. The number of amides is 2. The van der Waals surface area contributed by atoms with Gasteiger partial charge in [-0.25, -0.2) is 0 Å². The van der Waals surface area contributed by atoms with Gasteiger partial charge in [-0.2, -0.15) is 0 Å². The van der Waals surface area contributed by atoms with Crippen LogP contribution in [0.3, 0.4) is 0 Å². The highest BCUT2D eigenvalue weighted by atomic mass is 35.5. The lowest BCUT2D eigenvalue weighted by atomic mass is 9.78. The average molecular weight is 398 g/mol. The van der Waals surface area contributed by atoms with Crippen molar-refractivity contribution in [2.45, 2.75) is 12.8 Å². The Labute approximate surface area is 166 Å². The van der Waals surface area contributed by atoms with E-state index in [9.17, 15) is 9.59 Å². The molecular weight excluding hydrogens is 370 g/mol. The number of rotatable bonds is 5. The summed E-state index contributed by atoms with van der Waals surface area (Å²) in [6.45, 7) is 4.42. The monoisotopic (exact) mass is 397 g/mol. The van der Waals surface area contributed by atoms with E-state index < -0.39 is 5.41 Å². The van der Waals surface area contributed by atoms with Gasteiger partial charge in [-0.15, -0.1) is 12.4 Å². The molecule has 2 aliphatic heterocycles. The van der Waals surface area contributed by atoms with Crippen molar-refractivity contribution >= 4 is 29.9 Å². The van der Waals surface area contributed by atoms with Crippen molar-refractivity contribution in [3.63, 3.8) is 0 Å². The maximum absolute atomic E-state index is 12.8. The van der Waals surface area contributed by atoms with E-state index in [1.807, 2.05) is 0 Å². The first kappa shape index (κ1) is 21.6. The molecule has 0 aliphatic carbocycles. The molecule has 3 rings (SSSR count). The number of hydrogen-bond donors (Lipinski definition) is 2. The van der Waals surface area contributed by atoms with Gasteiger partial charge in [-0.05, 0) is 50.2 Å². The van der Waals surface area contributed by atoms with Crippen molar-refractivity contribution in [2.75, 3.05) is 58.4 Å². The van der Waals surface area contributed by atoms with E-state index in [1.165, 1.54) is 0 Å². The Morgan fingerprint density at radius 2 is 1.81 bits per heavy atom. The van der Waals surface area contributed by atoms with Crippen LogP contribution in [0, 0.1) is 5.41 Å². The number of nitrogens with one attached hydrogen (secondary N) is 2. The molecule has 2 saturated heterocycles. The smallest absolute Gasteiger partial charge is 0.254 e. The number of benzene rings is 1. The summed E-state index contributed by atoms with van der Waals surface area (Å²) < 4.78 is 10.6. The Kier molecular flexibility index (Phi) is 8.04. The second-order valence-electron chi connectivity index (χ2n) is 6.90. The quantitative estimate of drug-likeness (QED) is 0.787. The van der Waals surface area contributed by atoms with Crippen molar-refractivity contribution in [1.82, 2.24) is 10.2 Å². The molecule has 0 spiro atoms. The van der Waals surface area contributed by atoms with Crippen LogP contribution in [0.1, 0.15) is 23.2 Å². The molecule has 0 bridgehead atoms. The Bertz CT molecular complexity index is 621. The second kappa shape index (κ2) is 10.0. The molecule has 1 aromatic rings. The number of piperidine rings is 1. The molecular formula is C19H28ClN3O4. The summed E-state index contributed by atoms with van der Waals surface area (Å²) in [7, 11) is 1.63. The fourth-order valence-corrected chi connectivity index (χ4v) is 3.53. The molecule has 0 saturated carbocycles. The van der Waals surface area contributed by atoms with Gasteiger partial charge in [0.2, 0.25) is 5.91 Å². The van der Waals surface area contributed by atoms with Gasteiger partial charge in [0.05, 0.1) is 25.2 Å². The van der Waals surface area contributed by atoms with Crippen LogP contribution >= 0.6 is 12.4 Å². The number of halogens is 1. The predicted molar refractivity (Wildman–Crippen MR) is 105 cm³/mol. The number of carbonyl (C=O) groups is 2. The lowest BCUT2D eigenvalue weighted by Gasteiger charge is -2.35. The highest BCUT2D eigenvalue weighted by molar-refractivity contribution is 5.97. The summed E-state index contributed by atoms with van der Waals surface area (Å²) in [5, 5.41) is 6.27. The van der Waals surface area contributed by atoms with E-state index >= 15 is 0 Å². The minimum absolute atomic E-state index is 0. The van der Waals surface area contributed by atoms with E-state index in [0.29, 0.717) is 44.2 Å². The highest BCUT2D eigenvalue weighted by Crippen LogP contribution is 2.31. The minimum atomic E-state index is -0.498. The second-order valence-corrected chi connectivity index (χ2v) is 6.90. The number of nitrogens with zero attached hydrogens (tertiary/aromatic N) is 1. The van der Waals surface area contributed by atoms with Crippen molar-refractivity contribution in [3.8, 4) is 0 Å². The van der Waals surface area contributed by atoms with E-state index in [0.717, 1.165) is 25.9 Å². The van der Waals surface area contributed by atoms with E-state index in [1.54, 1.807) is 36.3 Å². The van der Waals surface area contributed by atoms with Crippen molar-refractivity contribution in [2.24, 2.45) is 5.41 Å². The lowest BCUT2D eigenvalue weighted by Crippen LogP contribution is -2.47. The highest BCUT2D eigenvalue weighted by Gasteiger charge is 2.39. The fraction of sp³-hybridized carbons (Fsp3) is 0.579. The summed E-state index contributed by atoms with van der Waals surface area (Å²) >= 11 is 0. The Morgan fingerprint density at radius 3 is 2.41 bits per heavy atom. The van der Waals surface area contributed by atoms with Crippen molar-refractivity contribution in [3.05, 3.63) is 29.8 Å². The van der Waals surface area contributed by atoms with Gasteiger partial charge in [0.25, 0.3) is 5.91 Å². The van der Waals surface area contributed by atoms with Crippen LogP contribution in [-0.4, -0.2) is 69.8 Å². The normalized spacial score (nSPS) is 19.1. The summed E-state index contributed by atoms with van der Waals surface area (Å²) in [6, 6.07) is 7.10. The zero-order valence-corrected chi connectivity index (χ0v) is 16.5. The lowest BCUT2D eigenvalue weighted by molar-refractivity contribution is -0.130. The molecule has 0 atom stereocenters. The molecule has 2 aliphatic rings. The zero-order valence-electron chi connectivity index (χ0n) is 15.7. The number of carbonyl (C=O) groups excluding carboxylic acids is 2. The third kappa shape index (κ3) is 5.19. The van der Waals surface area contributed by atoms with Gasteiger partial charge in [0.1, 0.15) is 0 Å². The van der Waals surface area contributed by atoms with E-state index in [4.69, 9.17) is 9.47 Å². The largest absolute Gasteiger partial charge is 0.384 e. The third-order valence-corrected chi connectivity index (χ3v) is 5.15. The number of ether oxygens (including phenoxy) is 2. The average Bonchev–Trinajstić information content (AvgIpc) is 2.69. The minimum Gasteiger partial charge on any atom is -0.384 e. The molecule has 7 nitrogen and oxygen atoms in total. The SMILES string of the molecule is COCC1(C(=O)Nc2ccc(C(=O)N3CCOCC3)cc2)CCNCC1.Cl. The fourth-order valence-electron chi connectivity index (χ4n) is 3.53. The maximum Gasteiger partial charge on any atom is 0.254 e. The molecule has 2 fully saturated rings. The molecule has 150 valence electrons. The number of hydrogen-bond acceptors (Lipinski definition) is 5. The standard InChI is InChI=1S/C19H27N3O4.ClH/c1-25-14-19(6-8-20-9-7-19)18(24)21-16-4-2-15(3-5-16)17(23)22-10-12-26-13-11-22;/h2-5,20H,6-14H2,1H3,(H,21,24);1H. The zero-order chi connectivity index (χ0) is 18.4. The number of anilines is 1. The van der Waals surface area contributed by atoms with Crippen LogP contribution < -0.4 is 10.6 Å². The van der Waals surface area contributed by atoms with Gasteiger partial charge < -0.3 is 25.0 Å². The molecule has 8 heteroatoms. The summed E-state index contributed by atoms with van der Waals surface area (Å²) in [6.07, 6.45) is 1.50. The van der Waals surface area contributed by atoms with Crippen LogP contribution in [0.5, 0.6) is 0 Å². The van der Waals surface area contributed by atoms with Gasteiger partial charge in [-0.1, -0.05) is 0 Å². The topological polar surface area (TPSA) is 79.9 Å². The van der Waals surface area contributed by atoms with Crippen LogP contribution in [0.2, 0.25) is 0 Å². The molecule has 2 amide bonds. The molecule has 2 heterocycles. The Morgan fingerprint density at radius 1 is 1.19 bits per heavy atom. The molecule has 0 radical (unpaired) electrons. The number of morpholine rings is 1. The van der Waals surface area contributed by atoms with E-state index in [2.05, 4.69) is 10.6 Å². The van der Waals surface area contributed by atoms with Crippen LogP contribution in [-0.2, 0) is 14.3 Å². The summed E-state index contributed by atoms with van der Waals surface area (Å²) in [5.74, 6) is -0.0199. The molecule has 2 N–H and O–H groups in total. The van der Waals surface area contributed by atoms with Crippen molar-refractivity contribution in [1.29, 1.82) is 0 Å². The van der Waals surface area contributed by atoms with E-state index in [-0.39, 0.29) is 24.2 Å². The first-order valence-electron chi connectivity index (χ1n) is 9.13. The van der Waals surface area contributed by atoms with Crippen LogP contribution in [0.4, 0.5) is 5.69 Å². The van der Waals surface area contributed by atoms with Crippen molar-refractivity contribution < 1.29 is 19.1 Å². The predicted octanol–water partition coefficient (Wildman–Crippen LogP) is 1.54. The Hall–Kier alpha value is -1.67. The molecule has 0 unspecified atom stereocenters. The Balaban J connectivity index is 0.00000261. The first-order chi connectivity index (χ1) is 12.6. The maximum atomic E-state index is 12.8. The van der Waals surface area contributed by atoms with Crippen LogP contribution in [0.15, 0.2) is 24.3 Å². The molecule has 1 aromatic carbocycles. The molecule has 0 aromatic heterocycles. The molecule has 27 heavy (non-hydrogen) atoms. The van der Waals surface area contributed by atoms with Gasteiger partial charge in [0, 0.05) is 31.5 Å². The van der Waals surface area contributed by atoms with Crippen LogP contribution in [0.25, 0.3) is 0 Å². The first-order valence-corrected chi connectivity index (χ1v) is 9.13. The van der Waals surface area contributed by atoms with Gasteiger partial charge in [-0.3, -0.25) is 9.59 Å². The van der Waals surface area contributed by atoms with Gasteiger partial charge in [0.15, 0.2) is 0 Å². The summed E-state index contributed by atoms with van der Waals surface area (Å²) in [4.78, 5) is 27.1. The third-order valence-electron chi connectivity index (χ3n) is 5.15. The summed E-state index contributed by atoms with van der Waals surface area (Å²) in [5.41, 5.74) is 0.823.